The van der Waals surface area contributed by atoms with Crippen molar-refractivity contribution in [2.45, 2.75) is 12.5 Å². The van der Waals surface area contributed by atoms with Crippen molar-refractivity contribution in [3.63, 3.8) is 0 Å². The molecule has 1 unspecified atom stereocenters. The molecular weight excluding hydrogens is 418 g/mol. The maximum atomic E-state index is 13.1. The first-order valence-electron chi connectivity index (χ1n) is 9.49. The molecule has 1 saturated heterocycles. The second-order valence-corrected chi connectivity index (χ2v) is 9.02. The Kier molecular flexibility index (Phi) is 4.88. The van der Waals surface area contributed by atoms with Crippen LogP contribution in [0.15, 0.2) is 65.1 Å². The van der Waals surface area contributed by atoms with Crippen LogP contribution < -0.4 is 0 Å². The van der Waals surface area contributed by atoms with E-state index >= 15 is 0 Å². The molecule has 0 N–H and O–H groups in total. The van der Waals surface area contributed by atoms with E-state index in [-0.39, 0.29) is 35.4 Å². The maximum Gasteiger partial charge on any atom is 0.289 e. The Bertz CT molecular complexity index is 1170. The van der Waals surface area contributed by atoms with Gasteiger partial charge in [0.05, 0.1) is 17.5 Å². The fraction of sp³-hybridized carbons (Fsp3) is 0.182. The van der Waals surface area contributed by atoms with Gasteiger partial charge in [-0.15, -0.1) is 11.3 Å². The van der Waals surface area contributed by atoms with E-state index in [9.17, 15) is 14.4 Å². The lowest BCUT2D eigenvalue weighted by Gasteiger charge is -2.22. The van der Waals surface area contributed by atoms with Gasteiger partial charge < -0.3 is 0 Å². The maximum absolute atomic E-state index is 13.1. The molecule has 2 aliphatic heterocycles. The molecule has 3 amide bonds. The molecule has 0 bridgehead atoms. The van der Waals surface area contributed by atoms with Crippen LogP contribution in [0, 0.1) is 0 Å². The first kappa shape index (κ1) is 19.0. The number of thioether (sulfide) groups is 1. The van der Waals surface area contributed by atoms with Crippen LogP contribution in [0.1, 0.15) is 22.9 Å². The number of fused-ring (bicyclic) bond motifs is 1. The van der Waals surface area contributed by atoms with Gasteiger partial charge in [0, 0.05) is 11.3 Å². The average molecular weight is 436 g/mol. The van der Waals surface area contributed by atoms with E-state index in [4.69, 9.17) is 0 Å². The van der Waals surface area contributed by atoms with Crippen LogP contribution >= 0.6 is 23.1 Å². The molecule has 5 rings (SSSR count). The molecule has 1 fully saturated rings. The van der Waals surface area contributed by atoms with Gasteiger partial charge in [0.2, 0.25) is 5.91 Å². The Balaban J connectivity index is 1.47. The number of carbonyl (C=O) groups is 3. The Labute approximate surface area is 181 Å². The summed E-state index contributed by atoms with van der Waals surface area (Å²) in [7, 11) is 0. The molecule has 3 heterocycles. The molecule has 3 aromatic rings. The molecule has 1 atom stereocenters. The van der Waals surface area contributed by atoms with Crippen molar-refractivity contribution in [2.24, 2.45) is 5.10 Å². The number of amides is 3. The minimum Gasteiger partial charge on any atom is -0.273 e. The van der Waals surface area contributed by atoms with Crippen molar-refractivity contribution in [1.29, 1.82) is 0 Å². The van der Waals surface area contributed by atoms with Crippen molar-refractivity contribution in [3.8, 4) is 0 Å². The minimum absolute atomic E-state index is 0.0894. The standard InChI is InChI=1S/C22H17N3O3S2/c26-20(12-24-21(27)13-30-22(24)28)25-18(19-6-3-9-29-19)11-17(23-25)16-8-7-14-4-1-2-5-15(14)10-16/h1-10,18H,11-13H2. The SMILES string of the molecule is O=C1CSC(=O)N1CC(=O)N1N=C(c2ccc3ccccc3c2)CC1c1cccs1. The lowest BCUT2D eigenvalue weighted by atomic mass is 10.00. The number of imide groups is 1. The second-order valence-electron chi connectivity index (χ2n) is 7.12. The summed E-state index contributed by atoms with van der Waals surface area (Å²) >= 11 is 2.49. The number of benzene rings is 2. The first-order chi connectivity index (χ1) is 14.6. The van der Waals surface area contributed by atoms with Crippen LogP contribution in [0.25, 0.3) is 10.8 Å². The summed E-state index contributed by atoms with van der Waals surface area (Å²) in [4.78, 5) is 39.0. The van der Waals surface area contributed by atoms with Crippen LogP contribution in [0.3, 0.4) is 0 Å². The normalized spacial score (nSPS) is 19.1. The molecule has 2 aromatic carbocycles. The van der Waals surface area contributed by atoms with Gasteiger partial charge in [0.15, 0.2) is 0 Å². The monoisotopic (exact) mass is 435 g/mol. The predicted molar refractivity (Wildman–Crippen MR) is 119 cm³/mol. The van der Waals surface area contributed by atoms with Crippen LogP contribution in [0.4, 0.5) is 4.79 Å². The Morgan fingerprint density at radius 1 is 1.07 bits per heavy atom. The van der Waals surface area contributed by atoms with Crippen LogP contribution in [0.2, 0.25) is 0 Å². The van der Waals surface area contributed by atoms with Crippen molar-refractivity contribution in [3.05, 3.63) is 70.4 Å². The highest BCUT2D eigenvalue weighted by Gasteiger charge is 2.38. The predicted octanol–water partition coefficient (Wildman–Crippen LogP) is 4.27. The molecule has 1 aromatic heterocycles. The number of hydrogen-bond acceptors (Lipinski definition) is 6. The lowest BCUT2D eigenvalue weighted by Crippen LogP contribution is -2.40. The fourth-order valence-electron chi connectivity index (χ4n) is 3.73. The summed E-state index contributed by atoms with van der Waals surface area (Å²) in [5, 5.41) is 9.94. The molecule has 30 heavy (non-hydrogen) atoms. The molecule has 0 radical (unpaired) electrons. The van der Waals surface area contributed by atoms with Crippen molar-refractivity contribution < 1.29 is 14.4 Å². The van der Waals surface area contributed by atoms with Gasteiger partial charge in [-0.25, -0.2) is 5.01 Å². The summed E-state index contributed by atoms with van der Waals surface area (Å²) in [5.41, 5.74) is 1.79. The molecule has 150 valence electrons. The van der Waals surface area contributed by atoms with E-state index in [1.54, 1.807) is 11.3 Å². The van der Waals surface area contributed by atoms with Crippen LogP contribution in [-0.4, -0.2) is 45.0 Å². The molecule has 6 nitrogen and oxygen atoms in total. The molecule has 0 saturated carbocycles. The summed E-state index contributed by atoms with van der Waals surface area (Å²) in [6, 6.07) is 17.9. The van der Waals surface area contributed by atoms with Gasteiger partial charge in [0.1, 0.15) is 6.54 Å². The third-order valence-corrected chi connectivity index (χ3v) is 7.09. The Morgan fingerprint density at radius 2 is 1.90 bits per heavy atom. The fourth-order valence-corrected chi connectivity index (χ4v) is 5.26. The highest BCUT2D eigenvalue weighted by atomic mass is 32.2. The van der Waals surface area contributed by atoms with Crippen molar-refractivity contribution >= 4 is 56.6 Å². The molecule has 0 spiro atoms. The number of nitrogens with zero attached hydrogens (tertiary/aromatic N) is 3. The summed E-state index contributed by atoms with van der Waals surface area (Å²) in [6.07, 6.45) is 0.585. The summed E-state index contributed by atoms with van der Waals surface area (Å²) in [6.45, 7) is -0.277. The number of hydrogen-bond donors (Lipinski definition) is 0. The number of thiophene rings is 1. The third-order valence-electron chi connectivity index (χ3n) is 5.25. The van der Waals surface area contributed by atoms with E-state index in [2.05, 4.69) is 29.4 Å². The van der Waals surface area contributed by atoms with Gasteiger partial charge >= 0.3 is 0 Å². The van der Waals surface area contributed by atoms with Crippen molar-refractivity contribution in [1.82, 2.24) is 9.91 Å². The molecular formula is C22H17N3O3S2. The molecule has 8 heteroatoms. The summed E-state index contributed by atoms with van der Waals surface area (Å²) < 4.78 is 0. The molecule has 2 aliphatic rings. The third kappa shape index (κ3) is 3.42. The minimum atomic E-state index is -0.376. The lowest BCUT2D eigenvalue weighted by molar-refractivity contribution is -0.137. The Hall–Kier alpha value is -2.97. The zero-order valence-electron chi connectivity index (χ0n) is 15.9. The van der Waals surface area contributed by atoms with Crippen LogP contribution in [-0.2, 0) is 9.59 Å². The number of hydrazone groups is 1. The van der Waals surface area contributed by atoms with Gasteiger partial charge in [-0.1, -0.05) is 54.2 Å². The van der Waals surface area contributed by atoms with Gasteiger partial charge in [-0.3, -0.25) is 19.3 Å². The smallest absolute Gasteiger partial charge is 0.273 e. The van der Waals surface area contributed by atoms with Gasteiger partial charge in [0.25, 0.3) is 11.1 Å². The van der Waals surface area contributed by atoms with E-state index < -0.39 is 0 Å². The van der Waals surface area contributed by atoms with E-state index in [1.807, 2.05) is 35.7 Å². The van der Waals surface area contributed by atoms with Gasteiger partial charge in [-0.05, 0) is 33.8 Å². The number of rotatable bonds is 4. The largest absolute Gasteiger partial charge is 0.289 e. The zero-order valence-corrected chi connectivity index (χ0v) is 17.5. The highest BCUT2D eigenvalue weighted by molar-refractivity contribution is 8.14. The van der Waals surface area contributed by atoms with E-state index in [0.29, 0.717) is 6.42 Å². The second kappa shape index (κ2) is 7.70. The summed E-state index contributed by atoms with van der Waals surface area (Å²) in [5.74, 6) is -0.594. The Morgan fingerprint density at radius 3 is 2.63 bits per heavy atom. The van der Waals surface area contributed by atoms with E-state index in [1.165, 1.54) is 5.01 Å². The van der Waals surface area contributed by atoms with Crippen LogP contribution in [0.5, 0.6) is 0 Å². The van der Waals surface area contributed by atoms with E-state index in [0.717, 1.165) is 43.6 Å². The quantitative estimate of drug-likeness (QED) is 0.614. The first-order valence-corrected chi connectivity index (χ1v) is 11.4. The number of carbonyl (C=O) groups excluding carboxylic acids is 3. The topological polar surface area (TPSA) is 70.1 Å². The van der Waals surface area contributed by atoms with Crippen molar-refractivity contribution in [2.75, 3.05) is 12.3 Å². The van der Waals surface area contributed by atoms with Gasteiger partial charge in [-0.2, -0.15) is 5.10 Å². The zero-order chi connectivity index (χ0) is 20.7. The highest BCUT2D eigenvalue weighted by Crippen LogP contribution is 2.36. The average Bonchev–Trinajstić information content (AvgIpc) is 3.50. The molecule has 0 aliphatic carbocycles.